The Bertz CT molecular complexity index is 1020. The SMILES string of the molecule is Cc1ncc2c3c(c(=O)n(C)c2c1F)N(CCCN(C)C)CC1CN(C)C(C)CN31. The van der Waals surface area contributed by atoms with E-state index in [9.17, 15) is 4.79 Å². The van der Waals surface area contributed by atoms with E-state index in [4.69, 9.17) is 0 Å². The van der Waals surface area contributed by atoms with Crippen LogP contribution in [0.25, 0.3) is 10.9 Å². The van der Waals surface area contributed by atoms with Crippen LogP contribution in [0.5, 0.6) is 0 Å². The lowest BCUT2D eigenvalue weighted by Crippen LogP contribution is -2.63. The highest BCUT2D eigenvalue weighted by Gasteiger charge is 2.39. The van der Waals surface area contributed by atoms with Gasteiger partial charge in [-0.05, 0) is 48.0 Å². The number of rotatable bonds is 4. The minimum atomic E-state index is -0.404. The van der Waals surface area contributed by atoms with E-state index in [-0.39, 0.29) is 11.6 Å². The molecule has 4 rings (SSSR count). The number of nitrogens with zero attached hydrogens (tertiary/aromatic N) is 6. The Morgan fingerprint density at radius 2 is 1.93 bits per heavy atom. The molecule has 0 spiro atoms. The van der Waals surface area contributed by atoms with Gasteiger partial charge in [0.25, 0.3) is 5.56 Å². The highest BCUT2D eigenvalue weighted by atomic mass is 19.1. The molecule has 0 saturated carbocycles. The number of piperazine rings is 1. The van der Waals surface area contributed by atoms with Crippen LogP contribution in [-0.2, 0) is 7.05 Å². The fraction of sp³-hybridized carbons (Fsp3) is 0.636. The van der Waals surface area contributed by atoms with E-state index in [2.05, 4.69) is 52.7 Å². The number of hydrogen-bond donors (Lipinski definition) is 0. The summed E-state index contributed by atoms with van der Waals surface area (Å²) in [6.45, 7) is 8.15. The van der Waals surface area contributed by atoms with Gasteiger partial charge in [0.15, 0.2) is 5.82 Å². The van der Waals surface area contributed by atoms with E-state index < -0.39 is 5.82 Å². The molecule has 2 aromatic heterocycles. The number of aromatic nitrogens is 2. The fourth-order valence-electron chi connectivity index (χ4n) is 4.88. The molecule has 0 bridgehead atoms. The molecule has 164 valence electrons. The largest absolute Gasteiger partial charge is 0.363 e. The quantitative estimate of drug-likeness (QED) is 0.756. The molecule has 7 nitrogen and oxygen atoms in total. The Morgan fingerprint density at radius 1 is 1.20 bits per heavy atom. The van der Waals surface area contributed by atoms with Crippen molar-refractivity contribution < 1.29 is 4.39 Å². The van der Waals surface area contributed by atoms with Crippen LogP contribution in [0.3, 0.4) is 0 Å². The van der Waals surface area contributed by atoms with E-state index >= 15 is 4.39 Å². The second-order valence-corrected chi connectivity index (χ2v) is 9.18. The zero-order valence-electron chi connectivity index (χ0n) is 18.9. The molecule has 4 heterocycles. The van der Waals surface area contributed by atoms with E-state index in [0.29, 0.717) is 22.9 Å². The molecule has 2 aliphatic heterocycles. The van der Waals surface area contributed by atoms with Gasteiger partial charge in [-0.1, -0.05) is 0 Å². The van der Waals surface area contributed by atoms with Crippen molar-refractivity contribution in [2.75, 3.05) is 63.7 Å². The standard InChI is InChI=1S/C22H33FN6O/c1-14-11-29-16(12-26(14)5)13-28(9-7-8-25(3)4)21-20(29)17-10-24-15(2)18(23)19(17)27(6)22(21)30/h10,14,16H,7-9,11-13H2,1-6H3. The zero-order chi connectivity index (χ0) is 21.7. The predicted molar refractivity (Wildman–Crippen MR) is 120 cm³/mol. The monoisotopic (exact) mass is 416 g/mol. The number of aryl methyl sites for hydroxylation is 2. The van der Waals surface area contributed by atoms with Gasteiger partial charge in [0.05, 0.1) is 22.9 Å². The fourth-order valence-corrected chi connectivity index (χ4v) is 4.88. The van der Waals surface area contributed by atoms with Crippen LogP contribution in [0, 0.1) is 12.7 Å². The number of pyridine rings is 2. The molecule has 0 N–H and O–H groups in total. The second kappa shape index (κ2) is 7.81. The number of anilines is 2. The molecule has 1 saturated heterocycles. The van der Waals surface area contributed by atoms with Crippen molar-refractivity contribution in [2.45, 2.75) is 32.4 Å². The Balaban J connectivity index is 1.92. The number of fused-ring (bicyclic) bond motifs is 5. The third kappa shape index (κ3) is 3.36. The Hall–Kier alpha value is -2.19. The lowest BCUT2D eigenvalue weighted by atomic mass is 9.99. The van der Waals surface area contributed by atoms with Crippen LogP contribution < -0.4 is 15.4 Å². The number of likely N-dealkylation sites (N-methyl/N-ethyl adjacent to an activating group) is 1. The van der Waals surface area contributed by atoms with Crippen LogP contribution in [0.4, 0.5) is 15.8 Å². The second-order valence-electron chi connectivity index (χ2n) is 9.18. The lowest BCUT2D eigenvalue weighted by molar-refractivity contribution is 0.198. The van der Waals surface area contributed by atoms with Crippen LogP contribution in [0.1, 0.15) is 19.0 Å². The molecule has 0 radical (unpaired) electrons. The van der Waals surface area contributed by atoms with Gasteiger partial charge in [0.2, 0.25) is 0 Å². The molecular weight excluding hydrogens is 383 g/mol. The van der Waals surface area contributed by atoms with Gasteiger partial charge in [-0.2, -0.15) is 0 Å². The van der Waals surface area contributed by atoms with Gasteiger partial charge in [-0.25, -0.2) is 4.39 Å². The zero-order valence-corrected chi connectivity index (χ0v) is 18.9. The highest BCUT2D eigenvalue weighted by molar-refractivity contribution is 5.99. The maximum atomic E-state index is 15.1. The summed E-state index contributed by atoms with van der Waals surface area (Å²) in [5.41, 5.74) is 2.10. The third-order valence-electron chi connectivity index (χ3n) is 6.71. The predicted octanol–water partition coefficient (Wildman–Crippen LogP) is 1.66. The minimum Gasteiger partial charge on any atom is -0.363 e. The Labute approximate surface area is 177 Å². The van der Waals surface area contributed by atoms with E-state index in [0.717, 1.165) is 50.2 Å². The molecule has 0 aromatic carbocycles. The van der Waals surface area contributed by atoms with Gasteiger partial charge in [-0.3, -0.25) is 14.7 Å². The van der Waals surface area contributed by atoms with Crippen molar-refractivity contribution in [1.82, 2.24) is 19.4 Å². The normalized spacial score (nSPS) is 22.0. The van der Waals surface area contributed by atoms with Gasteiger partial charge in [-0.15, -0.1) is 0 Å². The van der Waals surface area contributed by atoms with Crippen LogP contribution in [0.2, 0.25) is 0 Å². The summed E-state index contributed by atoms with van der Waals surface area (Å²) in [6, 6.07) is 0.620. The molecule has 1 fully saturated rings. The van der Waals surface area contributed by atoms with Crippen LogP contribution in [0.15, 0.2) is 11.0 Å². The first-order valence-corrected chi connectivity index (χ1v) is 10.7. The van der Waals surface area contributed by atoms with Crippen molar-refractivity contribution in [2.24, 2.45) is 7.05 Å². The minimum absolute atomic E-state index is 0.128. The summed E-state index contributed by atoms with van der Waals surface area (Å²) in [4.78, 5) is 26.9. The lowest BCUT2D eigenvalue weighted by Gasteiger charge is -2.51. The number of hydrogen-bond acceptors (Lipinski definition) is 6. The van der Waals surface area contributed by atoms with Crippen LogP contribution >= 0.6 is 0 Å². The Kier molecular flexibility index (Phi) is 5.48. The first kappa shape index (κ1) is 21.1. The number of halogens is 1. The van der Waals surface area contributed by atoms with Gasteiger partial charge >= 0.3 is 0 Å². The summed E-state index contributed by atoms with van der Waals surface area (Å²) in [5.74, 6) is -0.404. The molecular formula is C22H33FN6O. The topological polar surface area (TPSA) is 47.9 Å². The summed E-state index contributed by atoms with van der Waals surface area (Å²) in [5, 5.41) is 0.731. The summed E-state index contributed by atoms with van der Waals surface area (Å²) < 4.78 is 16.6. The summed E-state index contributed by atoms with van der Waals surface area (Å²) >= 11 is 0. The third-order valence-corrected chi connectivity index (χ3v) is 6.71. The van der Waals surface area contributed by atoms with E-state index in [1.807, 2.05) is 0 Å². The van der Waals surface area contributed by atoms with Crippen molar-refractivity contribution >= 4 is 22.3 Å². The smallest absolute Gasteiger partial charge is 0.276 e. The average Bonchev–Trinajstić information content (AvgIpc) is 2.68. The van der Waals surface area contributed by atoms with Crippen molar-refractivity contribution in [1.29, 1.82) is 0 Å². The average molecular weight is 417 g/mol. The first-order chi connectivity index (χ1) is 14.2. The van der Waals surface area contributed by atoms with Crippen molar-refractivity contribution in [3.8, 4) is 0 Å². The van der Waals surface area contributed by atoms with Gasteiger partial charge in [0, 0.05) is 50.9 Å². The molecule has 30 heavy (non-hydrogen) atoms. The molecule has 2 aromatic rings. The molecule has 8 heteroatoms. The summed E-state index contributed by atoms with van der Waals surface area (Å²) in [6.07, 6.45) is 2.71. The molecule has 2 unspecified atom stereocenters. The van der Waals surface area contributed by atoms with E-state index in [1.165, 1.54) is 4.57 Å². The van der Waals surface area contributed by atoms with Crippen molar-refractivity contribution in [3.05, 3.63) is 28.1 Å². The highest BCUT2D eigenvalue weighted by Crippen LogP contribution is 2.41. The van der Waals surface area contributed by atoms with E-state index in [1.54, 1.807) is 20.2 Å². The van der Waals surface area contributed by atoms with Gasteiger partial charge in [0.1, 0.15) is 5.69 Å². The van der Waals surface area contributed by atoms with Gasteiger partial charge < -0.3 is 19.3 Å². The molecule has 0 amide bonds. The maximum Gasteiger partial charge on any atom is 0.276 e. The first-order valence-electron chi connectivity index (χ1n) is 10.7. The van der Waals surface area contributed by atoms with Crippen LogP contribution in [-0.4, -0.2) is 85.3 Å². The Morgan fingerprint density at radius 3 is 2.63 bits per heavy atom. The molecule has 0 aliphatic carbocycles. The summed E-state index contributed by atoms with van der Waals surface area (Å²) in [7, 11) is 7.95. The molecule has 2 aliphatic rings. The van der Waals surface area contributed by atoms with Crippen molar-refractivity contribution in [3.63, 3.8) is 0 Å². The maximum absolute atomic E-state index is 15.1. The molecule has 2 atom stereocenters.